The number of hydrogen-bond acceptors (Lipinski definition) is 5. The summed E-state index contributed by atoms with van der Waals surface area (Å²) in [6, 6.07) is 21.4. The van der Waals surface area contributed by atoms with E-state index in [9.17, 15) is 0 Å². The fourth-order valence-electron chi connectivity index (χ4n) is 3.92. The third-order valence-corrected chi connectivity index (χ3v) is 6.45. The minimum absolute atomic E-state index is 0.816. The minimum Gasteiger partial charge on any atom is -0.368 e. The first-order valence-electron chi connectivity index (χ1n) is 10.1. The highest BCUT2D eigenvalue weighted by Gasteiger charge is 2.22. The molecule has 2 aromatic heterocycles. The third-order valence-electron chi connectivity index (χ3n) is 5.51. The van der Waals surface area contributed by atoms with Crippen LogP contribution in [0.5, 0.6) is 0 Å². The fraction of sp³-hybridized carbons (Fsp3) is 0.250. The van der Waals surface area contributed by atoms with Gasteiger partial charge in [0.1, 0.15) is 10.6 Å². The molecule has 146 valence electrons. The predicted molar refractivity (Wildman–Crippen MR) is 123 cm³/mol. The van der Waals surface area contributed by atoms with Crippen LogP contribution in [-0.2, 0) is 0 Å². The van der Waals surface area contributed by atoms with Crippen molar-refractivity contribution in [3.8, 4) is 11.4 Å². The van der Waals surface area contributed by atoms with E-state index in [1.54, 1.807) is 11.3 Å². The van der Waals surface area contributed by atoms with Crippen LogP contribution in [0.25, 0.3) is 21.6 Å². The van der Waals surface area contributed by atoms with Crippen LogP contribution in [0.15, 0.2) is 60.7 Å². The lowest BCUT2D eigenvalue weighted by Gasteiger charge is -2.37. The standard InChI is InChI=1S/C24H24N4S/c1-17-8-10-20(11-9-17)27-12-14-28(15-13-27)23-21-16-18(2)29-24(21)26-22(25-23)19-6-4-3-5-7-19/h3-11,16H,12-15H2,1-2H3. The maximum Gasteiger partial charge on any atom is 0.163 e. The number of hydrogen-bond donors (Lipinski definition) is 0. The topological polar surface area (TPSA) is 32.3 Å². The highest BCUT2D eigenvalue weighted by molar-refractivity contribution is 7.18. The number of fused-ring (bicyclic) bond motifs is 1. The first-order valence-corrected chi connectivity index (χ1v) is 10.9. The third kappa shape index (κ3) is 3.58. The van der Waals surface area contributed by atoms with Gasteiger partial charge in [0.05, 0.1) is 5.39 Å². The van der Waals surface area contributed by atoms with Gasteiger partial charge < -0.3 is 9.80 Å². The molecule has 1 aliphatic rings. The predicted octanol–water partition coefficient (Wildman–Crippen LogP) is 5.30. The number of thiophene rings is 1. The Morgan fingerprint density at radius 2 is 1.48 bits per heavy atom. The molecule has 0 unspecified atom stereocenters. The highest BCUT2D eigenvalue weighted by atomic mass is 32.1. The normalized spacial score (nSPS) is 14.6. The Labute approximate surface area is 175 Å². The Balaban J connectivity index is 1.46. The lowest BCUT2D eigenvalue weighted by atomic mass is 10.2. The van der Waals surface area contributed by atoms with Gasteiger partial charge in [-0.15, -0.1) is 11.3 Å². The molecule has 1 saturated heterocycles. The Morgan fingerprint density at radius 3 is 2.21 bits per heavy atom. The van der Waals surface area contributed by atoms with E-state index in [0.29, 0.717) is 0 Å². The van der Waals surface area contributed by atoms with Gasteiger partial charge in [-0.25, -0.2) is 9.97 Å². The summed E-state index contributed by atoms with van der Waals surface area (Å²) in [5.41, 5.74) is 3.68. The Bertz CT molecular complexity index is 1130. The molecule has 2 aromatic carbocycles. The van der Waals surface area contributed by atoms with Crippen LogP contribution < -0.4 is 9.80 Å². The van der Waals surface area contributed by atoms with Gasteiger partial charge in [0.2, 0.25) is 0 Å². The SMILES string of the molecule is Cc1ccc(N2CCN(c3nc(-c4ccccc4)nc4sc(C)cc34)CC2)cc1. The van der Waals surface area contributed by atoms with E-state index >= 15 is 0 Å². The molecular weight excluding hydrogens is 376 g/mol. The first kappa shape index (κ1) is 18.1. The van der Waals surface area contributed by atoms with E-state index in [-0.39, 0.29) is 0 Å². The van der Waals surface area contributed by atoms with Crippen molar-refractivity contribution < 1.29 is 0 Å². The molecule has 5 heteroatoms. The quantitative estimate of drug-likeness (QED) is 0.467. The molecule has 0 amide bonds. The molecule has 1 aliphatic heterocycles. The molecule has 0 radical (unpaired) electrons. The van der Waals surface area contributed by atoms with Crippen molar-refractivity contribution in [1.29, 1.82) is 0 Å². The molecule has 29 heavy (non-hydrogen) atoms. The van der Waals surface area contributed by atoms with E-state index in [0.717, 1.165) is 48.2 Å². The summed E-state index contributed by atoms with van der Waals surface area (Å²) in [5.74, 6) is 1.89. The largest absolute Gasteiger partial charge is 0.368 e. The average molecular weight is 401 g/mol. The number of aryl methyl sites for hydroxylation is 2. The van der Waals surface area contributed by atoms with Crippen LogP contribution in [0, 0.1) is 13.8 Å². The van der Waals surface area contributed by atoms with Crippen LogP contribution in [0.2, 0.25) is 0 Å². The molecule has 4 nitrogen and oxygen atoms in total. The minimum atomic E-state index is 0.816. The van der Waals surface area contributed by atoms with Crippen molar-refractivity contribution >= 4 is 33.1 Å². The maximum atomic E-state index is 5.02. The average Bonchev–Trinajstić information content (AvgIpc) is 3.14. The molecule has 0 atom stereocenters. The summed E-state index contributed by atoms with van der Waals surface area (Å²) >= 11 is 1.75. The van der Waals surface area contributed by atoms with E-state index in [4.69, 9.17) is 9.97 Å². The van der Waals surface area contributed by atoms with Crippen molar-refractivity contribution in [2.45, 2.75) is 13.8 Å². The second kappa shape index (κ2) is 7.48. The number of piperazine rings is 1. The maximum absolute atomic E-state index is 5.02. The second-order valence-corrected chi connectivity index (χ2v) is 8.86. The summed E-state index contributed by atoms with van der Waals surface area (Å²) < 4.78 is 0. The molecular formula is C24H24N4S. The molecule has 0 spiro atoms. The molecule has 5 rings (SSSR count). The zero-order valence-electron chi connectivity index (χ0n) is 16.8. The second-order valence-electron chi connectivity index (χ2n) is 7.62. The van der Waals surface area contributed by atoms with E-state index in [1.807, 2.05) is 18.2 Å². The monoisotopic (exact) mass is 400 g/mol. The van der Waals surface area contributed by atoms with Crippen molar-refractivity contribution in [2.24, 2.45) is 0 Å². The van der Waals surface area contributed by atoms with Crippen LogP contribution >= 0.6 is 11.3 Å². The van der Waals surface area contributed by atoms with Crippen LogP contribution in [0.4, 0.5) is 11.5 Å². The lowest BCUT2D eigenvalue weighted by molar-refractivity contribution is 0.649. The highest BCUT2D eigenvalue weighted by Crippen LogP contribution is 2.33. The molecule has 0 bridgehead atoms. The van der Waals surface area contributed by atoms with Crippen molar-refractivity contribution in [2.75, 3.05) is 36.0 Å². The zero-order valence-corrected chi connectivity index (χ0v) is 17.6. The number of anilines is 2. The smallest absolute Gasteiger partial charge is 0.163 e. The first-order chi connectivity index (χ1) is 14.2. The van der Waals surface area contributed by atoms with Crippen molar-refractivity contribution in [3.05, 3.63) is 71.1 Å². The lowest BCUT2D eigenvalue weighted by Crippen LogP contribution is -2.47. The van der Waals surface area contributed by atoms with Crippen LogP contribution in [0.3, 0.4) is 0 Å². The number of nitrogens with zero attached hydrogens (tertiary/aromatic N) is 4. The van der Waals surface area contributed by atoms with Gasteiger partial charge in [-0.05, 0) is 32.0 Å². The molecule has 3 heterocycles. The van der Waals surface area contributed by atoms with Gasteiger partial charge in [0, 0.05) is 42.3 Å². The Hall–Kier alpha value is -2.92. The van der Waals surface area contributed by atoms with E-state index in [2.05, 4.69) is 66.1 Å². The fourth-order valence-corrected chi connectivity index (χ4v) is 4.79. The molecule has 4 aromatic rings. The number of rotatable bonds is 3. The van der Waals surface area contributed by atoms with Gasteiger partial charge in [0.25, 0.3) is 0 Å². The summed E-state index contributed by atoms with van der Waals surface area (Å²) in [6.45, 7) is 8.20. The Morgan fingerprint density at radius 1 is 0.793 bits per heavy atom. The summed E-state index contributed by atoms with van der Waals surface area (Å²) in [7, 11) is 0. The van der Waals surface area contributed by atoms with Gasteiger partial charge in [-0.3, -0.25) is 0 Å². The van der Waals surface area contributed by atoms with Gasteiger partial charge >= 0.3 is 0 Å². The number of aromatic nitrogens is 2. The van der Waals surface area contributed by atoms with Gasteiger partial charge in [-0.2, -0.15) is 0 Å². The van der Waals surface area contributed by atoms with Crippen LogP contribution in [-0.4, -0.2) is 36.1 Å². The molecule has 0 N–H and O–H groups in total. The zero-order chi connectivity index (χ0) is 19.8. The van der Waals surface area contributed by atoms with E-state index in [1.165, 1.54) is 21.5 Å². The summed E-state index contributed by atoms with van der Waals surface area (Å²) in [6.07, 6.45) is 0. The van der Waals surface area contributed by atoms with E-state index < -0.39 is 0 Å². The van der Waals surface area contributed by atoms with Crippen molar-refractivity contribution in [1.82, 2.24) is 9.97 Å². The molecule has 0 saturated carbocycles. The molecule has 0 aliphatic carbocycles. The van der Waals surface area contributed by atoms with Gasteiger partial charge in [-0.1, -0.05) is 48.0 Å². The van der Waals surface area contributed by atoms with Crippen molar-refractivity contribution in [3.63, 3.8) is 0 Å². The Kier molecular flexibility index (Phi) is 4.68. The number of benzene rings is 2. The van der Waals surface area contributed by atoms with Gasteiger partial charge in [0.15, 0.2) is 5.82 Å². The summed E-state index contributed by atoms with van der Waals surface area (Å²) in [5, 5.41) is 1.18. The molecule has 1 fully saturated rings. The van der Waals surface area contributed by atoms with Crippen LogP contribution in [0.1, 0.15) is 10.4 Å². The summed E-state index contributed by atoms with van der Waals surface area (Å²) in [4.78, 5) is 17.1.